The summed E-state index contributed by atoms with van der Waals surface area (Å²) in [4.78, 5) is 5.03. The molecule has 0 bridgehead atoms. The maximum Gasteiger partial charge on any atom is 0.0254 e. The number of likely N-dealkylation sites (tertiary alicyclic amines) is 1. The highest BCUT2D eigenvalue weighted by molar-refractivity contribution is 4.89. The molecule has 3 nitrogen and oxygen atoms in total. The highest BCUT2D eigenvalue weighted by atomic mass is 15.2. The highest BCUT2D eigenvalue weighted by Crippen LogP contribution is 2.24. The maximum atomic E-state index is 3.61. The van der Waals surface area contributed by atoms with Crippen LogP contribution in [0.4, 0.5) is 0 Å². The van der Waals surface area contributed by atoms with E-state index in [0.29, 0.717) is 5.41 Å². The Labute approximate surface area is 120 Å². The predicted octanol–water partition coefficient (Wildman–Crippen LogP) is 2.14. The highest BCUT2D eigenvalue weighted by Gasteiger charge is 2.33. The topological polar surface area (TPSA) is 18.5 Å². The molecule has 0 aromatic rings. The van der Waals surface area contributed by atoms with E-state index in [4.69, 9.17) is 0 Å². The van der Waals surface area contributed by atoms with Gasteiger partial charge in [-0.3, -0.25) is 0 Å². The minimum absolute atomic E-state index is 0.357. The van der Waals surface area contributed by atoms with Crippen LogP contribution in [0.5, 0.6) is 0 Å². The van der Waals surface area contributed by atoms with Crippen LogP contribution in [0.15, 0.2) is 0 Å². The minimum Gasteiger partial charge on any atom is -0.316 e. The molecular formula is C16H35N3. The quantitative estimate of drug-likeness (QED) is 0.764. The molecule has 3 heteroatoms. The number of rotatable bonds is 7. The summed E-state index contributed by atoms with van der Waals surface area (Å²) in [6.45, 7) is 17.6. The van der Waals surface area contributed by atoms with E-state index in [9.17, 15) is 0 Å². The minimum atomic E-state index is 0.357. The Morgan fingerprint density at radius 1 is 1.26 bits per heavy atom. The molecule has 0 spiro atoms. The summed E-state index contributed by atoms with van der Waals surface area (Å²) >= 11 is 0. The van der Waals surface area contributed by atoms with Gasteiger partial charge >= 0.3 is 0 Å². The fourth-order valence-electron chi connectivity index (χ4n) is 3.21. The molecule has 1 aliphatic heterocycles. The zero-order chi connectivity index (χ0) is 14.6. The lowest BCUT2D eigenvalue weighted by molar-refractivity contribution is 0.189. The molecule has 0 aliphatic carbocycles. The number of hydrogen-bond acceptors (Lipinski definition) is 3. The Morgan fingerprint density at radius 3 is 2.37 bits per heavy atom. The molecule has 0 radical (unpaired) electrons. The molecule has 19 heavy (non-hydrogen) atoms. The Morgan fingerprint density at radius 2 is 1.89 bits per heavy atom. The lowest BCUT2D eigenvalue weighted by Gasteiger charge is -2.31. The summed E-state index contributed by atoms with van der Waals surface area (Å²) < 4.78 is 0. The van der Waals surface area contributed by atoms with Gasteiger partial charge in [-0.25, -0.2) is 0 Å². The molecule has 1 aliphatic rings. The van der Waals surface area contributed by atoms with Crippen molar-refractivity contribution < 1.29 is 0 Å². The fourth-order valence-corrected chi connectivity index (χ4v) is 3.21. The van der Waals surface area contributed by atoms with Gasteiger partial charge in [-0.2, -0.15) is 0 Å². The van der Waals surface area contributed by atoms with Gasteiger partial charge in [0.25, 0.3) is 0 Å². The molecule has 0 amide bonds. The Balaban J connectivity index is 2.37. The van der Waals surface area contributed by atoms with Crippen molar-refractivity contribution in [2.24, 2.45) is 17.3 Å². The molecule has 0 aromatic carbocycles. The third kappa shape index (κ3) is 5.80. The second kappa shape index (κ2) is 7.05. The van der Waals surface area contributed by atoms with E-state index in [1.807, 2.05) is 0 Å². The van der Waals surface area contributed by atoms with Crippen molar-refractivity contribution in [1.82, 2.24) is 15.1 Å². The SMILES string of the molecule is CC(C)CNCC(C)(C)CN1CC(C)C(N(C)C)C1. The van der Waals surface area contributed by atoms with Crippen molar-refractivity contribution >= 4 is 0 Å². The zero-order valence-corrected chi connectivity index (χ0v) is 14.2. The van der Waals surface area contributed by atoms with Crippen molar-refractivity contribution in [1.29, 1.82) is 0 Å². The van der Waals surface area contributed by atoms with Crippen LogP contribution in [-0.4, -0.2) is 62.7 Å². The van der Waals surface area contributed by atoms with E-state index in [-0.39, 0.29) is 0 Å². The van der Waals surface area contributed by atoms with Crippen LogP contribution < -0.4 is 5.32 Å². The average molecular weight is 269 g/mol. The molecular weight excluding hydrogens is 234 g/mol. The zero-order valence-electron chi connectivity index (χ0n) is 14.2. The summed E-state index contributed by atoms with van der Waals surface area (Å²) in [6.07, 6.45) is 0. The van der Waals surface area contributed by atoms with E-state index in [2.05, 4.69) is 63.8 Å². The van der Waals surface area contributed by atoms with Crippen molar-refractivity contribution in [3.63, 3.8) is 0 Å². The van der Waals surface area contributed by atoms with Crippen molar-refractivity contribution in [3.05, 3.63) is 0 Å². The molecule has 0 saturated carbocycles. The number of hydrogen-bond donors (Lipinski definition) is 1. The van der Waals surface area contributed by atoms with Gasteiger partial charge < -0.3 is 15.1 Å². The first-order valence-electron chi connectivity index (χ1n) is 7.81. The monoisotopic (exact) mass is 269 g/mol. The molecule has 2 unspecified atom stereocenters. The molecule has 114 valence electrons. The standard InChI is InChI=1S/C16H35N3/c1-13(2)8-17-11-16(4,5)12-19-9-14(3)15(10-19)18(6)7/h13-15,17H,8-12H2,1-7H3. The first kappa shape index (κ1) is 16.9. The lowest BCUT2D eigenvalue weighted by Crippen LogP contribution is -2.41. The van der Waals surface area contributed by atoms with Crippen molar-refractivity contribution in [2.75, 3.05) is 46.8 Å². The van der Waals surface area contributed by atoms with E-state index in [0.717, 1.165) is 31.0 Å². The van der Waals surface area contributed by atoms with Crippen molar-refractivity contribution in [3.8, 4) is 0 Å². The van der Waals surface area contributed by atoms with Gasteiger partial charge in [0.1, 0.15) is 0 Å². The molecule has 1 fully saturated rings. The van der Waals surface area contributed by atoms with Crippen LogP contribution in [-0.2, 0) is 0 Å². The molecule has 1 rings (SSSR count). The van der Waals surface area contributed by atoms with Crippen LogP contribution >= 0.6 is 0 Å². The van der Waals surface area contributed by atoms with Gasteiger partial charge in [0.2, 0.25) is 0 Å². The van der Waals surface area contributed by atoms with Crippen LogP contribution in [0, 0.1) is 17.3 Å². The Bertz CT molecular complexity index is 261. The Hall–Kier alpha value is -0.120. The fraction of sp³-hybridized carbons (Fsp3) is 1.00. The van der Waals surface area contributed by atoms with Crippen LogP contribution in [0.1, 0.15) is 34.6 Å². The largest absolute Gasteiger partial charge is 0.316 e. The summed E-state index contributed by atoms with van der Waals surface area (Å²) in [5, 5.41) is 3.61. The number of nitrogens with one attached hydrogen (secondary N) is 1. The van der Waals surface area contributed by atoms with E-state index < -0.39 is 0 Å². The van der Waals surface area contributed by atoms with E-state index >= 15 is 0 Å². The van der Waals surface area contributed by atoms with E-state index in [1.165, 1.54) is 19.6 Å². The summed E-state index contributed by atoms with van der Waals surface area (Å²) in [7, 11) is 4.42. The average Bonchev–Trinajstić information content (AvgIpc) is 2.57. The molecule has 1 N–H and O–H groups in total. The third-order valence-electron chi connectivity index (χ3n) is 4.12. The smallest absolute Gasteiger partial charge is 0.0254 e. The normalized spacial score (nSPS) is 25.7. The van der Waals surface area contributed by atoms with Crippen LogP contribution in [0.2, 0.25) is 0 Å². The van der Waals surface area contributed by atoms with E-state index in [1.54, 1.807) is 0 Å². The Kier molecular flexibility index (Phi) is 6.28. The van der Waals surface area contributed by atoms with Gasteiger partial charge in [0, 0.05) is 32.2 Å². The van der Waals surface area contributed by atoms with Gasteiger partial charge in [-0.1, -0.05) is 34.6 Å². The predicted molar refractivity (Wildman–Crippen MR) is 84.6 cm³/mol. The summed E-state index contributed by atoms with van der Waals surface area (Å²) in [5.41, 5.74) is 0.357. The molecule has 0 aromatic heterocycles. The molecule has 1 heterocycles. The van der Waals surface area contributed by atoms with Crippen molar-refractivity contribution in [2.45, 2.75) is 40.7 Å². The first-order valence-corrected chi connectivity index (χ1v) is 7.81. The van der Waals surface area contributed by atoms with Gasteiger partial charge in [-0.05, 0) is 37.9 Å². The molecule has 2 atom stereocenters. The van der Waals surface area contributed by atoms with Gasteiger partial charge in [0.05, 0.1) is 0 Å². The number of nitrogens with zero attached hydrogens (tertiary/aromatic N) is 2. The first-order chi connectivity index (χ1) is 8.71. The van der Waals surface area contributed by atoms with Crippen LogP contribution in [0.3, 0.4) is 0 Å². The van der Waals surface area contributed by atoms with Gasteiger partial charge in [0.15, 0.2) is 0 Å². The second-order valence-electron chi connectivity index (χ2n) is 7.89. The van der Waals surface area contributed by atoms with Crippen LogP contribution in [0.25, 0.3) is 0 Å². The molecule has 1 saturated heterocycles. The summed E-state index contributed by atoms with van der Waals surface area (Å²) in [6, 6.07) is 0.722. The lowest BCUT2D eigenvalue weighted by atomic mass is 9.92. The maximum absolute atomic E-state index is 3.61. The second-order valence-corrected chi connectivity index (χ2v) is 7.89. The number of likely N-dealkylation sites (N-methyl/N-ethyl adjacent to an activating group) is 1. The van der Waals surface area contributed by atoms with Gasteiger partial charge in [-0.15, -0.1) is 0 Å². The summed E-state index contributed by atoms with van der Waals surface area (Å²) in [5.74, 6) is 1.52. The third-order valence-corrected chi connectivity index (χ3v) is 4.12.